The Morgan fingerprint density at radius 1 is 1.57 bits per heavy atom. The molecule has 0 aliphatic heterocycles. The fraction of sp³-hybridized carbons (Fsp3) is 0.100. The molecule has 0 unspecified atom stereocenters. The van der Waals surface area contributed by atoms with Crippen molar-refractivity contribution in [2.75, 3.05) is 0 Å². The second-order valence-corrected chi connectivity index (χ2v) is 2.94. The summed E-state index contributed by atoms with van der Waals surface area (Å²) in [7, 11) is 0. The van der Waals surface area contributed by atoms with Gasteiger partial charge in [-0.25, -0.2) is 9.50 Å². The zero-order chi connectivity index (χ0) is 9.97. The molecule has 0 N–H and O–H groups in total. The first-order chi connectivity index (χ1) is 6.75. The Labute approximate surface area is 80.9 Å². The van der Waals surface area contributed by atoms with Gasteiger partial charge in [0.25, 0.3) is 0 Å². The van der Waals surface area contributed by atoms with Gasteiger partial charge in [-0.2, -0.15) is 5.10 Å². The maximum Gasteiger partial charge on any atom is 0.155 e. The number of aromatic nitrogens is 3. The summed E-state index contributed by atoms with van der Waals surface area (Å²) < 4.78 is 1.67. The van der Waals surface area contributed by atoms with Crippen molar-refractivity contribution < 1.29 is 4.79 Å². The molecule has 0 aliphatic rings. The molecule has 0 aromatic carbocycles. The van der Waals surface area contributed by atoms with Crippen LogP contribution in [0, 0.1) is 0 Å². The van der Waals surface area contributed by atoms with Gasteiger partial charge in [-0.05, 0) is 25.1 Å². The van der Waals surface area contributed by atoms with Crippen LogP contribution < -0.4 is 0 Å². The van der Waals surface area contributed by atoms with Crippen molar-refractivity contribution in [1.29, 1.82) is 0 Å². The van der Waals surface area contributed by atoms with Gasteiger partial charge in [0.2, 0.25) is 0 Å². The third-order valence-electron chi connectivity index (χ3n) is 1.74. The van der Waals surface area contributed by atoms with Crippen LogP contribution in [0.1, 0.15) is 12.6 Å². The summed E-state index contributed by atoms with van der Waals surface area (Å²) in [5, 5.41) is 4.20. The number of allylic oxidation sites excluding steroid dienone is 1. The molecule has 2 aromatic heterocycles. The van der Waals surface area contributed by atoms with E-state index in [4.69, 9.17) is 0 Å². The summed E-state index contributed by atoms with van der Waals surface area (Å²) >= 11 is 0. The predicted octanol–water partition coefficient (Wildman–Crippen LogP) is 1.33. The average molecular weight is 187 g/mol. The van der Waals surface area contributed by atoms with Crippen LogP contribution in [0.15, 0.2) is 30.6 Å². The Morgan fingerprint density at radius 3 is 3.14 bits per heavy atom. The van der Waals surface area contributed by atoms with Gasteiger partial charge >= 0.3 is 0 Å². The highest BCUT2D eigenvalue weighted by Crippen LogP contribution is 2.04. The van der Waals surface area contributed by atoms with E-state index in [1.165, 1.54) is 13.0 Å². The quantitative estimate of drug-likeness (QED) is 0.666. The molecule has 0 bridgehead atoms. The van der Waals surface area contributed by atoms with E-state index in [0.29, 0.717) is 0 Å². The summed E-state index contributed by atoms with van der Waals surface area (Å²) in [5.74, 6) is 0.00927. The summed E-state index contributed by atoms with van der Waals surface area (Å²) in [6.45, 7) is 1.50. The second-order valence-electron chi connectivity index (χ2n) is 2.94. The van der Waals surface area contributed by atoms with Gasteiger partial charge in [0.15, 0.2) is 11.4 Å². The van der Waals surface area contributed by atoms with Gasteiger partial charge < -0.3 is 0 Å². The molecule has 0 spiro atoms. The summed E-state index contributed by atoms with van der Waals surface area (Å²) in [4.78, 5) is 14.8. The van der Waals surface area contributed by atoms with E-state index >= 15 is 0 Å². The minimum Gasteiger partial charge on any atom is -0.295 e. The minimum atomic E-state index is 0.00927. The Balaban J connectivity index is 2.40. The molecule has 4 nitrogen and oxygen atoms in total. The van der Waals surface area contributed by atoms with Gasteiger partial charge in [-0.3, -0.25) is 4.79 Å². The van der Waals surface area contributed by atoms with Crippen LogP contribution in [-0.2, 0) is 4.79 Å². The van der Waals surface area contributed by atoms with Gasteiger partial charge in [0.1, 0.15) is 0 Å². The summed E-state index contributed by atoms with van der Waals surface area (Å²) in [6.07, 6.45) is 6.68. The molecule has 0 radical (unpaired) electrons. The van der Waals surface area contributed by atoms with E-state index in [9.17, 15) is 4.79 Å². The molecule has 70 valence electrons. The van der Waals surface area contributed by atoms with E-state index in [-0.39, 0.29) is 5.78 Å². The normalized spacial score (nSPS) is 11.2. The Kier molecular flexibility index (Phi) is 2.10. The lowest BCUT2D eigenvalue weighted by molar-refractivity contribution is -0.112. The lowest BCUT2D eigenvalue weighted by Gasteiger charge is -1.86. The summed E-state index contributed by atoms with van der Waals surface area (Å²) in [5.41, 5.74) is 1.51. The number of carbonyl (C=O) groups is 1. The first-order valence-electron chi connectivity index (χ1n) is 4.25. The molecule has 2 rings (SSSR count). The first-order valence-corrected chi connectivity index (χ1v) is 4.25. The number of rotatable bonds is 2. The number of hydrogen-bond donors (Lipinski definition) is 0. The zero-order valence-corrected chi connectivity index (χ0v) is 7.71. The van der Waals surface area contributed by atoms with E-state index in [1.807, 2.05) is 12.3 Å². The number of fused-ring (bicyclic) bond motifs is 1. The topological polar surface area (TPSA) is 47.3 Å². The van der Waals surface area contributed by atoms with Gasteiger partial charge in [0.05, 0.1) is 5.69 Å². The number of ketones is 1. The lowest BCUT2D eigenvalue weighted by Crippen LogP contribution is -1.87. The van der Waals surface area contributed by atoms with Crippen molar-refractivity contribution in [3.63, 3.8) is 0 Å². The fourth-order valence-electron chi connectivity index (χ4n) is 1.13. The molecule has 0 saturated carbocycles. The van der Waals surface area contributed by atoms with Crippen LogP contribution in [-0.4, -0.2) is 20.4 Å². The Bertz CT molecular complexity index is 466. The van der Waals surface area contributed by atoms with Crippen LogP contribution in [0.4, 0.5) is 0 Å². The maximum absolute atomic E-state index is 10.7. The standard InChI is InChI=1S/C10H9N3O/c1-8(14)3-4-9-7-10-11-5-2-6-13(10)12-9/h2-7H,1H3/b4-3+. The van der Waals surface area contributed by atoms with Crippen LogP contribution >= 0.6 is 0 Å². The maximum atomic E-state index is 10.7. The molecule has 0 atom stereocenters. The van der Waals surface area contributed by atoms with Crippen molar-refractivity contribution >= 4 is 17.5 Å². The molecule has 0 saturated heterocycles. The van der Waals surface area contributed by atoms with Crippen molar-refractivity contribution in [2.24, 2.45) is 0 Å². The third kappa shape index (κ3) is 1.69. The lowest BCUT2D eigenvalue weighted by atomic mass is 10.3. The molecule has 0 amide bonds. The van der Waals surface area contributed by atoms with E-state index < -0.39 is 0 Å². The van der Waals surface area contributed by atoms with Gasteiger partial charge in [-0.15, -0.1) is 0 Å². The van der Waals surface area contributed by atoms with Crippen molar-refractivity contribution in [3.8, 4) is 0 Å². The highest BCUT2D eigenvalue weighted by Gasteiger charge is 1.97. The second kappa shape index (κ2) is 3.41. The van der Waals surface area contributed by atoms with E-state index in [2.05, 4.69) is 10.1 Å². The van der Waals surface area contributed by atoms with E-state index in [0.717, 1.165) is 11.3 Å². The number of nitrogens with zero attached hydrogens (tertiary/aromatic N) is 3. The Morgan fingerprint density at radius 2 is 2.43 bits per heavy atom. The van der Waals surface area contributed by atoms with Gasteiger partial charge in [-0.1, -0.05) is 0 Å². The molecule has 2 heterocycles. The minimum absolute atomic E-state index is 0.00927. The largest absolute Gasteiger partial charge is 0.295 e. The van der Waals surface area contributed by atoms with Crippen LogP contribution in [0.25, 0.3) is 11.7 Å². The van der Waals surface area contributed by atoms with Crippen LogP contribution in [0.5, 0.6) is 0 Å². The zero-order valence-electron chi connectivity index (χ0n) is 7.71. The SMILES string of the molecule is CC(=O)/C=C/c1cc2ncccn2n1. The summed E-state index contributed by atoms with van der Waals surface area (Å²) in [6, 6.07) is 3.62. The highest BCUT2D eigenvalue weighted by molar-refractivity contribution is 5.91. The van der Waals surface area contributed by atoms with Crippen molar-refractivity contribution in [2.45, 2.75) is 6.92 Å². The van der Waals surface area contributed by atoms with Crippen LogP contribution in [0.2, 0.25) is 0 Å². The Hall–Kier alpha value is -1.97. The average Bonchev–Trinajstić information content (AvgIpc) is 2.57. The molecule has 4 heteroatoms. The molecule has 14 heavy (non-hydrogen) atoms. The van der Waals surface area contributed by atoms with Crippen LogP contribution in [0.3, 0.4) is 0 Å². The molecular weight excluding hydrogens is 178 g/mol. The number of hydrogen-bond acceptors (Lipinski definition) is 3. The molecule has 0 aliphatic carbocycles. The smallest absolute Gasteiger partial charge is 0.155 e. The highest BCUT2D eigenvalue weighted by atomic mass is 16.1. The van der Waals surface area contributed by atoms with Crippen molar-refractivity contribution in [3.05, 3.63) is 36.3 Å². The first kappa shape index (κ1) is 8.62. The van der Waals surface area contributed by atoms with Gasteiger partial charge in [0, 0.05) is 18.5 Å². The predicted molar refractivity (Wildman–Crippen MR) is 52.7 cm³/mol. The number of carbonyl (C=O) groups excluding carboxylic acids is 1. The molecule has 2 aromatic rings. The molecule has 0 fully saturated rings. The monoisotopic (exact) mass is 187 g/mol. The third-order valence-corrected chi connectivity index (χ3v) is 1.74. The fourth-order valence-corrected chi connectivity index (χ4v) is 1.13. The van der Waals surface area contributed by atoms with Crippen molar-refractivity contribution in [1.82, 2.24) is 14.6 Å². The van der Waals surface area contributed by atoms with E-state index in [1.54, 1.807) is 22.9 Å². The molecular formula is C10H9N3O.